The highest BCUT2D eigenvalue weighted by atomic mass is 16.5. The van der Waals surface area contributed by atoms with Crippen molar-refractivity contribution in [2.75, 3.05) is 12.3 Å². The Labute approximate surface area is 126 Å². The molecule has 0 saturated heterocycles. The molecule has 0 saturated carbocycles. The number of nitrogens with two attached hydrogens (primary N) is 1. The van der Waals surface area contributed by atoms with Gasteiger partial charge < -0.3 is 15.2 Å². The first-order valence-corrected chi connectivity index (χ1v) is 7.23. The molecule has 2 aromatic rings. The van der Waals surface area contributed by atoms with Crippen LogP contribution in [0.2, 0.25) is 0 Å². The second kappa shape index (κ2) is 6.53. The molecule has 3 heteroatoms. The van der Waals surface area contributed by atoms with Crippen LogP contribution in [0.25, 0.3) is 0 Å². The minimum absolute atomic E-state index is 0.449. The van der Waals surface area contributed by atoms with Gasteiger partial charge in [-0.1, -0.05) is 6.07 Å². The molecular formula is C18H23NO2. The van der Waals surface area contributed by atoms with E-state index in [0.29, 0.717) is 18.9 Å². The van der Waals surface area contributed by atoms with E-state index in [1.807, 2.05) is 25.1 Å². The van der Waals surface area contributed by atoms with Crippen molar-refractivity contribution in [2.24, 2.45) is 0 Å². The van der Waals surface area contributed by atoms with Crippen LogP contribution in [-0.4, -0.2) is 6.61 Å². The van der Waals surface area contributed by atoms with Crippen molar-refractivity contribution in [1.82, 2.24) is 0 Å². The molecule has 0 aromatic heterocycles. The molecule has 0 atom stereocenters. The van der Waals surface area contributed by atoms with Crippen molar-refractivity contribution in [1.29, 1.82) is 0 Å². The summed E-state index contributed by atoms with van der Waals surface area (Å²) in [4.78, 5) is 0. The lowest BCUT2D eigenvalue weighted by Crippen LogP contribution is -2.03. The second-order valence-corrected chi connectivity index (χ2v) is 5.29. The fourth-order valence-electron chi connectivity index (χ4n) is 2.31. The summed E-state index contributed by atoms with van der Waals surface area (Å²) in [7, 11) is 0. The fraction of sp³-hybridized carbons (Fsp3) is 0.333. The summed E-state index contributed by atoms with van der Waals surface area (Å²) in [6.45, 7) is 9.29. The number of ether oxygens (including phenoxy) is 2. The van der Waals surface area contributed by atoms with Gasteiger partial charge in [0.25, 0.3) is 0 Å². The van der Waals surface area contributed by atoms with Crippen molar-refractivity contribution in [2.45, 2.75) is 34.3 Å². The third kappa shape index (κ3) is 3.69. The standard InChI is InChI=1S/C18H23NO2/c1-5-20-17-7-6-16(19)10-15(17)11-21-18-9-12(2)8-13(3)14(18)4/h6-10H,5,11,19H2,1-4H3. The number of hydrogen-bond acceptors (Lipinski definition) is 3. The summed E-state index contributed by atoms with van der Waals surface area (Å²) < 4.78 is 11.6. The molecule has 0 fully saturated rings. The van der Waals surface area contributed by atoms with E-state index < -0.39 is 0 Å². The van der Waals surface area contributed by atoms with Gasteiger partial charge in [-0.05, 0) is 68.7 Å². The van der Waals surface area contributed by atoms with Crippen molar-refractivity contribution in [3.8, 4) is 11.5 Å². The molecule has 2 aromatic carbocycles. The van der Waals surface area contributed by atoms with Crippen LogP contribution in [0.5, 0.6) is 11.5 Å². The van der Waals surface area contributed by atoms with Crippen LogP contribution in [0.1, 0.15) is 29.2 Å². The minimum atomic E-state index is 0.449. The summed E-state index contributed by atoms with van der Waals surface area (Å²) in [5, 5.41) is 0. The van der Waals surface area contributed by atoms with Gasteiger partial charge in [-0.2, -0.15) is 0 Å². The molecule has 3 nitrogen and oxygen atoms in total. The quantitative estimate of drug-likeness (QED) is 0.838. The molecule has 0 bridgehead atoms. The van der Waals surface area contributed by atoms with Gasteiger partial charge in [0.2, 0.25) is 0 Å². The van der Waals surface area contributed by atoms with Crippen molar-refractivity contribution >= 4 is 5.69 Å². The van der Waals surface area contributed by atoms with Gasteiger partial charge in [-0.25, -0.2) is 0 Å². The molecule has 0 aliphatic carbocycles. The van der Waals surface area contributed by atoms with Crippen LogP contribution in [0.15, 0.2) is 30.3 Å². The van der Waals surface area contributed by atoms with Crippen LogP contribution < -0.4 is 15.2 Å². The number of aryl methyl sites for hydroxylation is 2. The van der Waals surface area contributed by atoms with Gasteiger partial charge in [-0.15, -0.1) is 0 Å². The van der Waals surface area contributed by atoms with Gasteiger partial charge in [0.05, 0.1) is 6.61 Å². The monoisotopic (exact) mass is 285 g/mol. The Morgan fingerprint density at radius 2 is 1.71 bits per heavy atom. The van der Waals surface area contributed by atoms with Crippen LogP contribution >= 0.6 is 0 Å². The summed E-state index contributed by atoms with van der Waals surface area (Å²) >= 11 is 0. The average molecular weight is 285 g/mol. The normalized spacial score (nSPS) is 10.5. The Bertz CT molecular complexity index is 635. The Kier molecular flexibility index (Phi) is 4.73. The lowest BCUT2D eigenvalue weighted by atomic mass is 10.1. The first-order chi connectivity index (χ1) is 10.0. The van der Waals surface area contributed by atoms with E-state index in [1.165, 1.54) is 16.7 Å². The first kappa shape index (κ1) is 15.2. The lowest BCUT2D eigenvalue weighted by Gasteiger charge is -2.15. The van der Waals surface area contributed by atoms with Crippen LogP contribution in [-0.2, 0) is 6.61 Å². The molecular weight excluding hydrogens is 262 g/mol. The molecule has 0 spiro atoms. The molecule has 0 heterocycles. The molecule has 0 aliphatic heterocycles. The van der Waals surface area contributed by atoms with Gasteiger partial charge in [0.15, 0.2) is 0 Å². The van der Waals surface area contributed by atoms with Crippen molar-refractivity contribution in [3.63, 3.8) is 0 Å². The minimum Gasteiger partial charge on any atom is -0.493 e. The third-order valence-electron chi connectivity index (χ3n) is 3.53. The van der Waals surface area contributed by atoms with E-state index in [-0.39, 0.29) is 0 Å². The molecule has 112 valence electrons. The predicted octanol–water partition coefficient (Wildman–Crippen LogP) is 4.17. The van der Waals surface area contributed by atoms with E-state index in [4.69, 9.17) is 15.2 Å². The Balaban J connectivity index is 2.22. The SMILES string of the molecule is CCOc1ccc(N)cc1COc1cc(C)cc(C)c1C. The third-order valence-corrected chi connectivity index (χ3v) is 3.53. The summed E-state index contributed by atoms with van der Waals surface area (Å²) in [5.74, 6) is 1.74. The predicted molar refractivity (Wildman–Crippen MR) is 87.0 cm³/mol. The molecule has 2 rings (SSSR count). The van der Waals surface area contributed by atoms with E-state index >= 15 is 0 Å². The zero-order valence-corrected chi connectivity index (χ0v) is 13.2. The van der Waals surface area contributed by atoms with Crippen LogP contribution in [0.3, 0.4) is 0 Å². The zero-order valence-electron chi connectivity index (χ0n) is 13.2. The molecule has 2 N–H and O–H groups in total. The van der Waals surface area contributed by atoms with Gasteiger partial charge in [-0.3, -0.25) is 0 Å². The maximum absolute atomic E-state index is 5.99. The number of hydrogen-bond donors (Lipinski definition) is 1. The van der Waals surface area contributed by atoms with Gasteiger partial charge >= 0.3 is 0 Å². The largest absolute Gasteiger partial charge is 0.493 e. The van der Waals surface area contributed by atoms with E-state index in [1.54, 1.807) is 0 Å². The smallest absolute Gasteiger partial charge is 0.126 e. The maximum atomic E-state index is 5.99. The van der Waals surface area contributed by atoms with Gasteiger partial charge in [0, 0.05) is 11.3 Å². The maximum Gasteiger partial charge on any atom is 0.126 e. The lowest BCUT2D eigenvalue weighted by molar-refractivity contribution is 0.285. The van der Waals surface area contributed by atoms with Crippen molar-refractivity contribution < 1.29 is 9.47 Å². The highest BCUT2D eigenvalue weighted by molar-refractivity contribution is 5.48. The summed E-state index contributed by atoms with van der Waals surface area (Å²) in [5.41, 5.74) is 11.2. The number of benzene rings is 2. The topological polar surface area (TPSA) is 44.5 Å². The summed E-state index contributed by atoms with van der Waals surface area (Å²) in [6.07, 6.45) is 0. The van der Waals surface area contributed by atoms with Gasteiger partial charge in [0.1, 0.15) is 18.1 Å². The molecule has 0 unspecified atom stereocenters. The van der Waals surface area contributed by atoms with E-state index in [9.17, 15) is 0 Å². The Morgan fingerprint density at radius 1 is 0.952 bits per heavy atom. The highest BCUT2D eigenvalue weighted by Crippen LogP contribution is 2.27. The highest BCUT2D eigenvalue weighted by Gasteiger charge is 2.08. The molecule has 0 aliphatic rings. The number of nitrogen functional groups attached to an aromatic ring is 1. The van der Waals surface area contributed by atoms with Crippen LogP contribution in [0.4, 0.5) is 5.69 Å². The second-order valence-electron chi connectivity index (χ2n) is 5.29. The number of rotatable bonds is 5. The fourth-order valence-corrected chi connectivity index (χ4v) is 2.31. The van der Waals surface area contributed by atoms with Crippen LogP contribution in [0, 0.1) is 20.8 Å². The van der Waals surface area contributed by atoms with E-state index in [2.05, 4.69) is 32.9 Å². The first-order valence-electron chi connectivity index (χ1n) is 7.23. The Morgan fingerprint density at radius 3 is 2.43 bits per heavy atom. The van der Waals surface area contributed by atoms with Crippen molar-refractivity contribution in [3.05, 3.63) is 52.6 Å². The van der Waals surface area contributed by atoms with E-state index in [0.717, 1.165) is 17.1 Å². The average Bonchev–Trinajstić information content (AvgIpc) is 2.44. The molecule has 0 amide bonds. The zero-order chi connectivity index (χ0) is 15.4. The number of anilines is 1. The molecule has 0 radical (unpaired) electrons. The summed E-state index contributed by atoms with van der Waals surface area (Å²) in [6, 6.07) is 9.87. The Hall–Kier alpha value is -2.16. The molecule has 21 heavy (non-hydrogen) atoms.